The van der Waals surface area contributed by atoms with Crippen LogP contribution in [0.3, 0.4) is 0 Å². The molecule has 0 aliphatic rings. The van der Waals surface area contributed by atoms with E-state index in [0.29, 0.717) is 0 Å². The van der Waals surface area contributed by atoms with Crippen LogP contribution in [0.15, 0.2) is 33.7 Å². The largest absolute Gasteiger partial charge is 0.398 e. The van der Waals surface area contributed by atoms with Gasteiger partial charge in [0, 0.05) is 10.6 Å². The van der Waals surface area contributed by atoms with Crippen LogP contribution in [0.1, 0.15) is 20.8 Å². The van der Waals surface area contributed by atoms with Crippen molar-refractivity contribution in [1.29, 1.82) is 0 Å². The van der Waals surface area contributed by atoms with Crippen molar-refractivity contribution < 1.29 is 0 Å². The molecular formula is C11H19NS2. The zero-order valence-corrected chi connectivity index (χ0v) is 11.0. The van der Waals surface area contributed by atoms with Gasteiger partial charge in [-0.1, -0.05) is 19.1 Å². The summed E-state index contributed by atoms with van der Waals surface area (Å²) in [6.07, 6.45) is 8.22. The molecule has 0 radical (unpaired) electrons. The minimum Gasteiger partial charge on any atom is -0.398 e. The highest BCUT2D eigenvalue weighted by atomic mass is 32.2. The monoisotopic (exact) mass is 229 g/mol. The Morgan fingerprint density at radius 1 is 1.36 bits per heavy atom. The van der Waals surface area contributed by atoms with Crippen LogP contribution >= 0.6 is 23.5 Å². The number of nitrogens with two attached hydrogens (primary N) is 1. The lowest BCUT2D eigenvalue weighted by molar-refractivity contribution is 1.37. The second-order valence-electron chi connectivity index (χ2n) is 2.69. The lowest BCUT2D eigenvalue weighted by atomic mass is 10.3. The third-order valence-electron chi connectivity index (χ3n) is 1.69. The second-order valence-corrected chi connectivity index (χ2v) is 5.05. The average Bonchev–Trinajstić information content (AvgIpc) is 2.22. The molecule has 0 atom stereocenters. The molecule has 0 unspecified atom stereocenters. The van der Waals surface area contributed by atoms with Gasteiger partial charge < -0.3 is 5.73 Å². The Bertz CT molecular complexity index is 252. The van der Waals surface area contributed by atoms with Gasteiger partial charge in [0.1, 0.15) is 0 Å². The standard InChI is InChI=1S/C11H19NS2/c1-5-10(12)11(14-6-2)8-7-9(3)13-4/h5,7-8H,6,12H2,1-4H3/b9-7+,10-5+,11-8+. The fourth-order valence-electron chi connectivity index (χ4n) is 0.787. The first-order chi connectivity index (χ1) is 6.65. The molecule has 0 spiro atoms. The summed E-state index contributed by atoms with van der Waals surface area (Å²) in [6, 6.07) is 0. The fraction of sp³-hybridized carbons (Fsp3) is 0.455. The molecule has 0 heterocycles. The molecule has 0 bridgehead atoms. The summed E-state index contributed by atoms with van der Waals surface area (Å²) in [4.78, 5) is 2.45. The molecule has 0 saturated heterocycles. The predicted octanol–water partition coefficient (Wildman–Crippen LogP) is 3.75. The van der Waals surface area contributed by atoms with Gasteiger partial charge in [-0.15, -0.1) is 23.5 Å². The van der Waals surface area contributed by atoms with Crippen molar-refractivity contribution in [3.8, 4) is 0 Å². The first-order valence-electron chi connectivity index (χ1n) is 4.63. The van der Waals surface area contributed by atoms with Gasteiger partial charge in [-0.05, 0) is 36.8 Å². The van der Waals surface area contributed by atoms with E-state index in [0.717, 1.165) is 16.4 Å². The summed E-state index contributed by atoms with van der Waals surface area (Å²) in [5, 5.41) is 0. The summed E-state index contributed by atoms with van der Waals surface area (Å²) >= 11 is 3.53. The molecule has 0 aliphatic carbocycles. The van der Waals surface area contributed by atoms with E-state index >= 15 is 0 Å². The molecule has 1 nitrogen and oxygen atoms in total. The van der Waals surface area contributed by atoms with Crippen LogP contribution in [0.2, 0.25) is 0 Å². The smallest absolute Gasteiger partial charge is 0.0408 e. The molecule has 0 rings (SSSR count). The van der Waals surface area contributed by atoms with E-state index in [1.165, 1.54) is 4.91 Å². The summed E-state index contributed by atoms with van der Waals surface area (Å²) in [5.74, 6) is 1.05. The number of rotatable bonds is 5. The lowest BCUT2D eigenvalue weighted by Crippen LogP contribution is -1.98. The maximum Gasteiger partial charge on any atom is 0.0408 e. The summed E-state index contributed by atoms with van der Waals surface area (Å²) < 4.78 is 0. The molecule has 0 aromatic rings. The van der Waals surface area contributed by atoms with E-state index in [4.69, 9.17) is 5.73 Å². The first-order valence-corrected chi connectivity index (χ1v) is 6.84. The van der Waals surface area contributed by atoms with Gasteiger partial charge in [0.05, 0.1) is 0 Å². The van der Waals surface area contributed by atoms with Gasteiger partial charge in [-0.2, -0.15) is 0 Å². The summed E-state index contributed by atoms with van der Waals surface area (Å²) in [5.41, 5.74) is 6.73. The topological polar surface area (TPSA) is 26.0 Å². The molecule has 0 aromatic carbocycles. The van der Waals surface area contributed by atoms with Crippen LogP contribution in [0, 0.1) is 0 Å². The normalized spacial score (nSPS) is 14.7. The Balaban J connectivity index is 4.65. The van der Waals surface area contributed by atoms with Gasteiger partial charge in [-0.3, -0.25) is 0 Å². The van der Waals surface area contributed by atoms with Crippen molar-refractivity contribution in [3.63, 3.8) is 0 Å². The van der Waals surface area contributed by atoms with Crippen molar-refractivity contribution in [2.24, 2.45) is 5.73 Å². The molecule has 3 heteroatoms. The molecule has 0 aliphatic heterocycles. The zero-order chi connectivity index (χ0) is 11.0. The van der Waals surface area contributed by atoms with Crippen molar-refractivity contribution in [2.75, 3.05) is 12.0 Å². The molecule has 0 fully saturated rings. The SMILES string of the molecule is C\C=C(N)/C(=C\C=C(/C)SC)SCC. The molecule has 0 saturated carbocycles. The summed E-state index contributed by atoms with van der Waals surface area (Å²) in [6.45, 7) is 6.19. The van der Waals surface area contributed by atoms with Crippen molar-refractivity contribution in [3.05, 3.63) is 33.7 Å². The number of hydrogen-bond acceptors (Lipinski definition) is 3. The van der Waals surface area contributed by atoms with Gasteiger partial charge in [-0.25, -0.2) is 0 Å². The predicted molar refractivity (Wildman–Crippen MR) is 71.4 cm³/mol. The Hall–Kier alpha value is -0.280. The van der Waals surface area contributed by atoms with E-state index in [1.54, 1.807) is 23.5 Å². The minimum atomic E-state index is 0.863. The lowest BCUT2D eigenvalue weighted by Gasteiger charge is -2.04. The number of thioether (sulfide) groups is 2. The van der Waals surface area contributed by atoms with E-state index < -0.39 is 0 Å². The molecular weight excluding hydrogens is 210 g/mol. The van der Waals surface area contributed by atoms with Gasteiger partial charge in [0.25, 0.3) is 0 Å². The van der Waals surface area contributed by atoms with Crippen molar-refractivity contribution in [1.82, 2.24) is 0 Å². The zero-order valence-electron chi connectivity index (χ0n) is 9.33. The highest BCUT2D eigenvalue weighted by Crippen LogP contribution is 2.21. The first kappa shape index (κ1) is 13.7. The maximum atomic E-state index is 5.87. The number of allylic oxidation sites excluding steroid dienone is 4. The van der Waals surface area contributed by atoms with Crippen molar-refractivity contribution >= 4 is 23.5 Å². The molecule has 14 heavy (non-hydrogen) atoms. The highest BCUT2D eigenvalue weighted by molar-refractivity contribution is 8.03. The van der Waals surface area contributed by atoms with E-state index in [9.17, 15) is 0 Å². The third kappa shape index (κ3) is 5.45. The maximum absolute atomic E-state index is 5.87. The Morgan fingerprint density at radius 3 is 2.43 bits per heavy atom. The Morgan fingerprint density at radius 2 is 2.00 bits per heavy atom. The highest BCUT2D eigenvalue weighted by Gasteiger charge is 1.97. The van der Waals surface area contributed by atoms with Gasteiger partial charge in [0.2, 0.25) is 0 Å². The van der Waals surface area contributed by atoms with E-state index in [1.807, 2.05) is 13.0 Å². The minimum absolute atomic E-state index is 0.863. The van der Waals surface area contributed by atoms with Crippen LogP contribution in [-0.2, 0) is 0 Å². The quantitative estimate of drug-likeness (QED) is 0.727. The Kier molecular flexibility index (Phi) is 7.90. The van der Waals surface area contributed by atoms with Crippen molar-refractivity contribution in [2.45, 2.75) is 20.8 Å². The molecule has 2 N–H and O–H groups in total. The van der Waals surface area contributed by atoms with Crippen LogP contribution in [0.4, 0.5) is 0 Å². The molecule has 80 valence electrons. The van der Waals surface area contributed by atoms with Crippen LogP contribution < -0.4 is 5.73 Å². The van der Waals surface area contributed by atoms with Gasteiger partial charge in [0.15, 0.2) is 0 Å². The molecule has 0 aromatic heterocycles. The van der Waals surface area contributed by atoms with Crippen LogP contribution in [0.25, 0.3) is 0 Å². The Labute approximate surface area is 95.9 Å². The summed E-state index contributed by atoms with van der Waals surface area (Å²) in [7, 11) is 0. The van der Waals surface area contributed by atoms with Gasteiger partial charge >= 0.3 is 0 Å². The third-order valence-corrected chi connectivity index (χ3v) is 3.44. The average molecular weight is 229 g/mol. The van der Waals surface area contributed by atoms with E-state index in [2.05, 4.69) is 32.3 Å². The van der Waals surface area contributed by atoms with E-state index in [-0.39, 0.29) is 0 Å². The second kappa shape index (κ2) is 8.06. The fourth-order valence-corrected chi connectivity index (χ4v) is 1.75. The van der Waals surface area contributed by atoms with Crippen LogP contribution in [-0.4, -0.2) is 12.0 Å². The number of hydrogen-bond donors (Lipinski definition) is 1. The van der Waals surface area contributed by atoms with Crippen LogP contribution in [0.5, 0.6) is 0 Å². The molecule has 0 amide bonds.